The van der Waals surface area contributed by atoms with E-state index in [0.717, 1.165) is 12.8 Å². The number of carboxylic acids is 1. The van der Waals surface area contributed by atoms with Crippen LogP contribution in [0.25, 0.3) is 0 Å². The van der Waals surface area contributed by atoms with Crippen LogP contribution in [-0.2, 0) is 14.3 Å². The van der Waals surface area contributed by atoms with Crippen LogP contribution in [-0.4, -0.2) is 59.8 Å². The largest absolute Gasteiger partial charge is 0.480 e. The first-order valence-corrected chi connectivity index (χ1v) is 7.18. The molecule has 2 N–H and O–H groups in total. The standard InChI is InChI=1S/C14H26N2O4/c1-9-5-6-10(2)16(9)11(3)13(17)15-12(14(18)19)7-8-20-4/h9-12H,5-8H2,1-4H3,(H,15,17)(H,18,19). The summed E-state index contributed by atoms with van der Waals surface area (Å²) < 4.78 is 4.87. The molecule has 0 radical (unpaired) electrons. The smallest absolute Gasteiger partial charge is 0.326 e. The van der Waals surface area contributed by atoms with Crippen molar-refractivity contribution in [1.29, 1.82) is 0 Å². The van der Waals surface area contributed by atoms with Gasteiger partial charge in [0, 0.05) is 32.2 Å². The number of carbonyl (C=O) groups is 2. The number of hydrogen-bond donors (Lipinski definition) is 2. The van der Waals surface area contributed by atoms with Gasteiger partial charge in [0.05, 0.1) is 6.04 Å². The van der Waals surface area contributed by atoms with Gasteiger partial charge in [0.2, 0.25) is 5.91 Å². The summed E-state index contributed by atoms with van der Waals surface area (Å²) >= 11 is 0. The number of nitrogens with one attached hydrogen (secondary N) is 1. The van der Waals surface area contributed by atoms with Crippen molar-refractivity contribution in [2.45, 2.75) is 64.2 Å². The van der Waals surface area contributed by atoms with Gasteiger partial charge in [-0.25, -0.2) is 4.79 Å². The number of nitrogens with zero attached hydrogens (tertiary/aromatic N) is 1. The van der Waals surface area contributed by atoms with Crippen LogP contribution < -0.4 is 5.32 Å². The summed E-state index contributed by atoms with van der Waals surface area (Å²) in [5, 5.41) is 11.7. The molecule has 1 rings (SSSR count). The van der Waals surface area contributed by atoms with Gasteiger partial charge in [-0.1, -0.05) is 0 Å². The minimum Gasteiger partial charge on any atom is -0.480 e. The molecule has 20 heavy (non-hydrogen) atoms. The van der Waals surface area contributed by atoms with Crippen LogP contribution in [0.1, 0.15) is 40.0 Å². The predicted octanol–water partition coefficient (Wildman–Crippen LogP) is 0.854. The molecular weight excluding hydrogens is 260 g/mol. The van der Waals surface area contributed by atoms with Crippen molar-refractivity contribution in [2.75, 3.05) is 13.7 Å². The third-order valence-corrected chi connectivity index (χ3v) is 4.07. The molecule has 0 saturated carbocycles. The second-order valence-corrected chi connectivity index (χ2v) is 5.58. The zero-order chi connectivity index (χ0) is 15.3. The number of rotatable bonds is 7. The predicted molar refractivity (Wildman–Crippen MR) is 75.5 cm³/mol. The van der Waals surface area contributed by atoms with Crippen LogP contribution in [0.2, 0.25) is 0 Å². The fourth-order valence-corrected chi connectivity index (χ4v) is 2.90. The van der Waals surface area contributed by atoms with Crippen LogP contribution in [0.4, 0.5) is 0 Å². The number of likely N-dealkylation sites (tertiary alicyclic amines) is 1. The van der Waals surface area contributed by atoms with Gasteiger partial charge in [-0.05, 0) is 33.6 Å². The Morgan fingerprint density at radius 1 is 1.35 bits per heavy atom. The lowest BCUT2D eigenvalue weighted by Gasteiger charge is -2.32. The topological polar surface area (TPSA) is 78.9 Å². The van der Waals surface area contributed by atoms with Crippen molar-refractivity contribution in [3.63, 3.8) is 0 Å². The molecule has 1 heterocycles. The Morgan fingerprint density at radius 2 is 1.90 bits per heavy atom. The maximum atomic E-state index is 12.2. The van der Waals surface area contributed by atoms with Crippen molar-refractivity contribution < 1.29 is 19.4 Å². The van der Waals surface area contributed by atoms with Crippen LogP contribution in [0, 0.1) is 0 Å². The van der Waals surface area contributed by atoms with Gasteiger partial charge in [0.25, 0.3) is 0 Å². The van der Waals surface area contributed by atoms with E-state index in [0.29, 0.717) is 18.7 Å². The van der Waals surface area contributed by atoms with E-state index in [1.807, 2.05) is 6.92 Å². The number of hydrogen-bond acceptors (Lipinski definition) is 4. The molecule has 1 saturated heterocycles. The molecular formula is C14H26N2O4. The minimum absolute atomic E-state index is 0.228. The lowest BCUT2D eigenvalue weighted by atomic mass is 10.1. The third kappa shape index (κ3) is 4.18. The molecule has 6 nitrogen and oxygen atoms in total. The van der Waals surface area contributed by atoms with Crippen molar-refractivity contribution in [3.8, 4) is 0 Å². The van der Waals surface area contributed by atoms with Gasteiger partial charge in [-0.15, -0.1) is 0 Å². The summed E-state index contributed by atoms with van der Waals surface area (Å²) in [4.78, 5) is 25.5. The maximum absolute atomic E-state index is 12.2. The summed E-state index contributed by atoms with van der Waals surface area (Å²) in [6, 6.07) is -0.494. The summed E-state index contributed by atoms with van der Waals surface area (Å²) in [7, 11) is 1.51. The number of amides is 1. The number of methoxy groups -OCH3 is 1. The fraction of sp³-hybridized carbons (Fsp3) is 0.857. The van der Waals surface area contributed by atoms with Gasteiger partial charge in [0.1, 0.15) is 6.04 Å². The number of carboxylic acid groups (broad SMARTS) is 1. The second-order valence-electron chi connectivity index (χ2n) is 5.58. The zero-order valence-electron chi connectivity index (χ0n) is 12.8. The molecule has 0 bridgehead atoms. The molecule has 1 amide bonds. The van der Waals surface area contributed by atoms with Crippen LogP contribution in [0.3, 0.4) is 0 Å². The molecule has 6 heteroatoms. The Labute approximate surface area is 120 Å². The number of aliphatic carboxylic acids is 1. The molecule has 0 aromatic heterocycles. The highest BCUT2D eigenvalue weighted by molar-refractivity contribution is 5.86. The molecule has 1 aliphatic rings. The van der Waals surface area contributed by atoms with Crippen molar-refractivity contribution in [3.05, 3.63) is 0 Å². The highest BCUT2D eigenvalue weighted by atomic mass is 16.5. The Morgan fingerprint density at radius 3 is 2.35 bits per heavy atom. The van der Waals surface area contributed by atoms with E-state index < -0.39 is 12.0 Å². The van der Waals surface area contributed by atoms with E-state index in [2.05, 4.69) is 24.1 Å². The first-order chi connectivity index (χ1) is 9.38. The Balaban J connectivity index is 2.61. The first kappa shape index (κ1) is 16.9. The van der Waals surface area contributed by atoms with Gasteiger partial charge >= 0.3 is 5.97 Å². The van der Waals surface area contributed by atoms with Crippen molar-refractivity contribution in [2.24, 2.45) is 0 Å². The first-order valence-electron chi connectivity index (χ1n) is 7.18. The molecule has 4 atom stereocenters. The number of ether oxygens (including phenoxy) is 1. The summed E-state index contributed by atoms with van der Waals surface area (Å²) in [6.07, 6.45) is 2.42. The highest BCUT2D eigenvalue weighted by Crippen LogP contribution is 2.25. The van der Waals surface area contributed by atoms with E-state index >= 15 is 0 Å². The normalized spacial score (nSPS) is 26.2. The molecule has 0 spiro atoms. The molecule has 0 aromatic rings. The monoisotopic (exact) mass is 286 g/mol. The average molecular weight is 286 g/mol. The van der Waals surface area contributed by atoms with Crippen LogP contribution in [0.15, 0.2) is 0 Å². The molecule has 0 aromatic carbocycles. The Hall–Kier alpha value is -1.14. The van der Waals surface area contributed by atoms with E-state index in [1.165, 1.54) is 7.11 Å². The van der Waals surface area contributed by atoms with Crippen LogP contribution in [0.5, 0.6) is 0 Å². The third-order valence-electron chi connectivity index (χ3n) is 4.07. The summed E-state index contributed by atoms with van der Waals surface area (Å²) in [5.74, 6) is -1.25. The second kappa shape index (κ2) is 7.59. The lowest BCUT2D eigenvalue weighted by Crippen LogP contribution is -2.53. The van der Waals surface area contributed by atoms with E-state index in [-0.39, 0.29) is 18.4 Å². The minimum atomic E-state index is -1.02. The quantitative estimate of drug-likeness (QED) is 0.725. The van der Waals surface area contributed by atoms with Gasteiger partial charge < -0.3 is 15.2 Å². The SMILES string of the molecule is COCCC(NC(=O)C(C)N1C(C)CCC1C)C(=O)O. The van der Waals surface area contributed by atoms with Crippen molar-refractivity contribution >= 4 is 11.9 Å². The molecule has 1 fully saturated rings. The average Bonchev–Trinajstić information content (AvgIpc) is 2.72. The Bertz CT molecular complexity index is 338. The lowest BCUT2D eigenvalue weighted by molar-refractivity contribution is -0.143. The van der Waals surface area contributed by atoms with E-state index in [9.17, 15) is 9.59 Å². The van der Waals surface area contributed by atoms with Gasteiger partial charge in [-0.3, -0.25) is 9.69 Å². The van der Waals surface area contributed by atoms with E-state index in [1.54, 1.807) is 0 Å². The van der Waals surface area contributed by atoms with E-state index in [4.69, 9.17) is 9.84 Å². The maximum Gasteiger partial charge on any atom is 0.326 e. The Kier molecular flexibility index (Phi) is 6.42. The van der Waals surface area contributed by atoms with Gasteiger partial charge in [-0.2, -0.15) is 0 Å². The summed E-state index contributed by atoms with van der Waals surface area (Å²) in [6.45, 7) is 6.35. The fourth-order valence-electron chi connectivity index (χ4n) is 2.90. The molecule has 116 valence electrons. The highest BCUT2D eigenvalue weighted by Gasteiger charge is 2.35. The zero-order valence-corrected chi connectivity index (χ0v) is 12.8. The van der Waals surface area contributed by atoms with Crippen LogP contribution >= 0.6 is 0 Å². The molecule has 1 aliphatic heterocycles. The van der Waals surface area contributed by atoms with Crippen molar-refractivity contribution in [1.82, 2.24) is 10.2 Å². The molecule has 4 unspecified atom stereocenters. The van der Waals surface area contributed by atoms with Gasteiger partial charge in [0.15, 0.2) is 0 Å². The summed E-state index contributed by atoms with van der Waals surface area (Å²) in [5.41, 5.74) is 0. The molecule has 0 aliphatic carbocycles. The number of carbonyl (C=O) groups excluding carboxylic acids is 1.